The number of amides is 1. The molecule has 0 saturated heterocycles. The fourth-order valence-electron chi connectivity index (χ4n) is 1.50. The summed E-state index contributed by atoms with van der Waals surface area (Å²) in [6.45, 7) is 2.21. The number of methoxy groups -OCH3 is 1. The van der Waals surface area contributed by atoms with Crippen LogP contribution >= 0.6 is 11.6 Å². The van der Waals surface area contributed by atoms with Crippen LogP contribution in [-0.2, 0) is 4.79 Å². The van der Waals surface area contributed by atoms with Gasteiger partial charge >= 0.3 is 0 Å². The molecule has 17 heavy (non-hydrogen) atoms. The molecular weight excluding hydrogens is 240 g/mol. The zero-order valence-corrected chi connectivity index (χ0v) is 11.0. The van der Waals surface area contributed by atoms with E-state index in [1.165, 1.54) is 4.90 Å². The van der Waals surface area contributed by atoms with Crippen LogP contribution in [0.4, 0.5) is 5.69 Å². The minimum Gasteiger partial charge on any atom is -0.495 e. The van der Waals surface area contributed by atoms with Gasteiger partial charge in [0.2, 0.25) is 5.91 Å². The standard InChI is InChI=1S/C12H17ClN2O2/c1-8-6-10(11(17-3)7-9(8)13)15(2)12(16)4-5-14/h6-7H,4-5,14H2,1-3H3. The van der Waals surface area contributed by atoms with Crippen molar-refractivity contribution in [2.24, 2.45) is 5.73 Å². The normalized spacial score (nSPS) is 10.2. The minimum atomic E-state index is -0.0486. The van der Waals surface area contributed by atoms with Crippen LogP contribution in [0, 0.1) is 6.92 Å². The molecule has 4 nitrogen and oxygen atoms in total. The van der Waals surface area contributed by atoms with Gasteiger partial charge < -0.3 is 15.4 Å². The van der Waals surface area contributed by atoms with E-state index in [2.05, 4.69) is 0 Å². The van der Waals surface area contributed by atoms with Gasteiger partial charge in [0.05, 0.1) is 12.8 Å². The van der Waals surface area contributed by atoms with Crippen molar-refractivity contribution in [2.75, 3.05) is 25.6 Å². The number of nitrogens with two attached hydrogens (primary N) is 1. The van der Waals surface area contributed by atoms with Gasteiger partial charge in [-0.05, 0) is 18.6 Å². The van der Waals surface area contributed by atoms with Gasteiger partial charge in [-0.2, -0.15) is 0 Å². The molecule has 1 aromatic carbocycles. The lowest BCUT2D eigenvalue weighted by atomic mass is 10.2. The monoisotopic (exact) mass is 256 g/mol. The highest BCUT2D eigenvalue weighted by atomic mass is 35.5. The summed E-state index contributed by atoms with van der Waals surface area (Å²) < 4.78 is 5.22. The third-order valence-corrected chi connectivity index (χ3v) is 2.96. The van der Waals surface area contributed by atoms with E-state index in [4.69, 9.17) is 22.1 Å². The van der Waals surface area contributed by atoms with Crippen LogP contribution < -0.4 is 15.4 Å². The Balaban J connectivity index is 3.11. The molecule has 2 N–H and O–H groups in total. The van der Waals surface area contributed by atoms with E-state index in [1.807, 2.05) is 13.0 Å². The Bertz CT molecular complexity index is 421. The van der Waals surface area contributed by atoms with Crippen LogP contribution in [0.25, 0.3) is 0 Å². The van der Waals surface area contributed by atoms with Gasteiger partial charge in [-0.3, -0.25) is 4.79 Å². The highest BCUT2D eigenvalue weighted by molar-refractivity contribution is 6.31. The van der Waals surface area contributed by atoms with Crippen molar-refractivity contribution in [3.05, 3.63) is 22.7 Å². The van der Waals surface area contributed by atoms with Crippen molar-refractivity contribution in [3.63, 3.8) is 0 Å². The van der Waals surface area contributed by atoms with E-state index in [-0.39, 0.29) is 5.91 Å². The first kappa shape index (κ1) is 13.8. The summed E-state index contributed by atoms with van der Waals surface area (Å²) in [6, 6.07) is 3.54. The second kappa shape index (κ2) is 5.89. The molecule has 0 bridgehead atoms. The van der Waals surface area contributed by atoms with Crippen molar-refractivity contribution >= 4 is 23.2 Å². The number of hydrogen-bond donors (Lipinski definition) is 1. The Labute approximate surface area is 106 Å². The molecule has 5 heteroatoms. The largest absolute Gasteiger partial charge is 0.495 e. The summed E-state index contributed by atoms with van der Waals surface area (Å²) >= 11 is 6.01. The lowest BCUT2D eigenvalue weighted by Crippen LogP contribution is -2.28. The third-order valence-electron chi connectivity index (χ3n) is 2.55. The number of benzene rings is 1. The lowest BCUT2D eigenvalue weighted by Gasteiger charge is -2.20. The summed E-state index contributed by atoms with van der Waals surface area (Å²) in [6.07, 6.45) is 0.307. The Hall–Kier alpha value is -1.26. The molecule has 0 aliphatic heterocycles. The number of carbonyl (C=O) groups excluding carboxylic acids is 1. The number of anilines is 1. The third kappa shape index (κ3) is 3.11. The van der Waals surface area contributed by atoms with Crippen molar-refractivity contribution < 1.29 is 9.53 Å². The van der Waals surface area contributed by atoms with Crippen molar-refractivity contribution in [1.29, 1.82) is 0 Å². The molecule has 0 heterocycles. The molecule has 0 atom stereocenters. The summed E-state index contributed by atoms with van der Waals surface area (Å²) in [5, 5.41) is 0.616. The maximum absolute atomic E-state index is 11.8. The van der Waals surface area contributed by atoms with Crippen molar-refractivity contribution in [3.8, 4) is 5.75 Å². The number of nitrogens with zero attached hydrogens (tertiary/aromatic N) is 1. The molecule has 0 fully saturated rings. The van der Waals surface area contributed by atoms with Crippen LogP contribution in [0.5, 0.6) is 5.75 Å². The molecule has 0 saturated carbocycles. The fourth-order valence-corrected chi connectivity index (χ4v) is 1.65. The van der Waals surface area contributed by atoms with Gasteiger partial charge in [0, 0.05) is 31.1 Å². The van der Waals surface area contributed by atoms with E-state index >= 15 is 0 Å². The van der Waals surface area contributed by atoms with Crippen molar-refractivity contribution in [2.45, 2.75) is 13.3 Å². The van der Waals surface area contributed by atoms with Gasteiger partial charge in [-0.25, -0.2) is 0 Å². The zero-order valence-electron chi connectivity index (χ0n) is 10.3. The number of rotatable bonds is 4. The molecule has 0 spiro atoms. The average molecular weight is 257 g/mol. The summed E-state index contributed by atoms with van der Waals surface area (Å²) in [5.74, 6) is 0.529. The molecule has 1 aromatic rings. The molecule has 94 valence electrons. The second-order valence-electron chi connectivity index (χ2n) is 3.76. The first-order valence-electron chi connectivity index (χ1n) is 5.32. The average Bonchev–Trinajstić information content (AvgIpc) is 2.31. The molecule has 0 aliphatic carbocycles. The van der Waals surface area contributed by atoms with Gasteiger partial charge in [0.15, 0.2) is 0 Å². The zero-order chi connectivity index (χ0) is 13.0. The minimum absolute atomic E-state index is 0.0486. The molecule has 1 amide bonds. The molecule has 0 aliphatic rings. The maximum atomic E-state index is 11.8. The summed E-state index contributed by atoms with van der Waals surface area (Å²) in [5.41, 5.74) is 6.97. The predicted octanol–water partition coefficient (Wildman–Crippen LogP) is 1.97. The Morgan fingerprint density at radius 1 is 1.53 bits per heavy atom. The number of hydrogen-bond acceptors (Lipinski definition) is 3. The van der Waals surface area contributed by atoms with E-state index in [0.29, 0.717) is 29.4 Å². The predicted molar refractivity (Wildman–Crippen MR) is 69.8 cm³/mol. The van der Waals surface area contributed by atoms with E-state index in [9.17, 15) is 4.79 Å². The lowest BCUT2D eigenvalue weighted by molar-refractivity contribution is -0.118. The summed E-state index contributed by atoms with van der Waals surface area (Å²) in [7, 11) is 3.24. The molecule has 1 rings (SSSR count). The van der Waals surface area contributed by atoms with Gasteiger partial charge in [0.25, 0.3) is 0 Å². The van der Waals surface area contributed by atoms with Crippen LogP contribution in [0.15, 0.2) is 12.1 Å². The van der Waals surface area contributed by atoms with E-state index in [0.717, 1.165) is 5.56 Å². The van der Waals surface area contributed by atoms with Gasteiger partial charge in [-0.15, -0.1) is 0 Å². The quantitative estimate of drug-likeness (QED) is 0.896. The molecule has 0 unspecified atom stereocenters. The second-order valence-corrected chi connectivity index (χ2v) is 4.17. The van der Waals surface area contributed by atoms with Gasteiger partial charge in [-0.1, -0.05) is 11.6 Å². The molecule has 0 aromatic heterocycles. The van der Waals surface area contributed by atoms with Gasteiger partial charge in [0.1, 0.15) is 5.75 Å². The first-order chi connectivity index (χ1) is 8.01. The number of ether oxygens (including phenoxy) is 1. The Kier molecular flexibility index (Phi) is 4.78. The first-order valence-corrected chi connectivity index (χ1v) is 5.69. The Morgan fingerprint density at radius 2 is 2.18 bits per heavy atom. The smallest absolute Gasteiger partial charge is 0.228 e. The van der Waals surface area contributed by atoms with E-state index < -0.39 is 0 Å². The summed E-state index contributed by atoms with van der Waals surface area (Å²) in [4.78, 5) is 13.3. The number of aryl methyl sites for hydroxylation is 1. The number of carbonyl (C=O) groups is 1. The van der Waals surface area contributed by atoms with Crippen molar-refractivity contribution in [1.82, 2.24) is 0 Å². The van der Waals surface area contributed by atoms with Crippen LogP contribution in [-0.4, -0.2) is 26.6 Å². The Morgan fingerprint density at radius 3 is 2.71 bits per heavy atom. The highest BCUT2D eigenvalue weighted by Gasteiger charge is 2.16. The SMILES string of the molecule is COc1cc(Cl)c(C)cc1N(C)C(=O)CCN. The van der Waals surface area contributed by atoms with Crippen LogP contribution in [0.1, 0.15) is 12.0 Å². The van der Waals surface area contributed by atoms with Crippen LogP contribution in [0.3, 0.4) is 0 Å². The molecule has 0 radical (unpaired) electrons. The number of halogens is 1. The highest BCUT2D eigenvalue weighted by Crippen LogP contribution is 2.33. The molecular formula is C12H17ClN2O2. The topological polar surface area (TPSA) is 55.6 Å². The maximum Gasteiger partial charge on any atom is 0.228 e. The van der Waals surface area contributed by atoms with Crippen LogP contribution in [0.2, 0.25) is 5.02 Å². The van der Waals surface area contributed by atoms with E-state index in [1.54, 1.807) is 20.2 Å². The fraction of sp³-hybridized carbons (Fsp3) is 0.417.